The highest BCUT2D eigenvalue weighted by molar-refractivity contribution is 5.94. The van der Waals surface area contributed by atoms with Crippen LogP contribution in [-0.2, 0) is 19.1 Å². The van der Waals surface area contributed by atoms with E-state index in [0.29, 0.717) is 5.57 Å². The molecule has 0 aromatic carbocycles. The maximum atomic E-state index is 12.7. The molecule has 4 aliphatic rings. The average Bonchev–Trinajstić information content (AvgIpc) is 3.11. The molecule has 1 saturated heterocycles. The van der Waals surface area contributed by atoms with Gasteiger partial charge >= 0.3 is 11.9 Å². The van der Waals surface area contributed by atoms with Crippen LogP contribution < -0.4 is 0 Å². The number of hydrogen-bond acceptors (Lipinski definition) is 6. The van der Waals surface area contributed by atoms with E-state index in [9.17, 15) is 14.7 Å². The van der Waals surface area contributed by atoms with Crippen molar-refractivity contribution in [1.82, 2.24) is 0 Å². The molecule has 6 nitrogen and oxygen atoms in total. The van der Waals surface area contributed by atoms with Gasteiger partial charge in [0.05, 0.1) is 18.1 Å². The predicted molar refractivity (Wildman–Crippen MR) is 90.6 cm³/mol. The number of furan rings is 1. The minimum absolute atomic E-state index is 0.327. The molecule has 2 bridgehead atoms. The Morgan fingerprint density at radius 3 is 2.81 bits per heavy atom. The highest BCUT2D eigenvalue weighted by Gasteiger charge is 2.65. The molecule has 0 unspecified atom stereocenters. The molecule has 6 heteroatoms. The van der Waals surface area contributed by atoms with E-state index < -0.39 is 35.2 Å². The van der Waals surface area contributed by atoms with Gasteiger partial charge in [-0.3, -0.25) is 0 Å². The van der Waals surface area contributed by atoms with Crippen molar-refractivity contribution in [2.24, 2.45) is 11.3 Å². The van der Waals surface area contributed by atoms with Crippen LogP contribution in [-0.4, -0.2) is 28.8 Å². The van der Waals surface area contributed by atoms with E-state index in [2.05, 4.69) is 0 Å². The van der Waals surface area contributed by atoms with Crippen molar-refractivity contribution in [3.05, 3.63) is 59.6 Å². The zero-order valence-electron chi connectivity index (χ0n) is 14.8. The Morgan fingerprint density at radius 2 is 2.15 bits per heavy atom. The number of rotatable bonds is 3. The molecular formula is C20H20O6. The van der Waals surface area contributed by atoms with E-state index in [0.717, 1.165) is 11.1 Å². The Kier molecular flexibility index (Phi) is 3.53. The van der Waals surface area contributed by atoms with Crippen molar-refractivity contribution in [2.45, 2.75) is 38.6 Å². The second-order valence-corrected chi connectivity index (χ2v) is 7.29. The van der Waals surface area contributed by atoms with Crippen molar-refractivity contribution >= 4 is 11.9 Å². The molecule has 2 aliphatic carbocycles. The van der Waals surface area contributed by atoms with Crippen LogP contribution in [0.2, 0.25) is 0 Å². The summed E-state index contributed by atoms with van der Waals surface area (Å²) in [5, 5.41) is 10.9. The third kappa shape index (κ3) is 2.08. The van der Waals surface area contributed by atoms with Gasteiger partial charge in [-0.15, -0.1) is 0 Å². The van der Waals surface area contributed by atoms with Crippen LogP contribution in [0.1, 0.15) is 32.4 Å². The molecule has 26 heavy (non-hydrogen) atoms. The van der Waals surface area contributed by atoms with Crippen LogP contribution >= 0.6 is 0 Å². The zero-order valence-corrected chi connectivity index (χ0v) is 14.8. The first kappa shape index (κ1) is 16.8. The molecule has 0 radical (unpaired) electrons. The van der Waals surface area contributed by atoms with Gasteiger partial charge in [-0.1, -0.05) is 24.6 Å². The summed E-state index contributed by atoms with van der Waals surface area (Å²) in [6.07, 6.45) is 8.64. The molecule has 3 heterocycles. The van der Waals surface area contributed by atoms with Gasteiger partial charge in [-0.2, -0.15) is 0 Å². The van der Waals surface area contributed by atoms with Crippen LogP contribution in [0.15, 0.2) is 58.5 Å². The van der Waals surface area contributed by atoms with Crippen LogP contribution in [0.25, 0.3) is 0 Å². The van der Waals surface area contributed by atoms with Crippen LogP contribution in [0.3, 0.4) is 0 Å². The molecule has 1 fully saturated rings. The van der Waals surface area contributed by atoms with Crippen molar-refractivity contribution in [3.8, 4) is 0 Å². The molecule has 136 valence electrons. The van der Waals surface area contributed by atoms with Crippen molar-refractivity contribution < 1.29 is 28.6 Å². The second-order valence-electron chi connectivity index (χ2n) is 7.29. The van der Waals surface area contributed by atoms with Crippen LogP contribution in [0.5, 0.6) is 0 Å². The minimum atomic E-state index is -1.73. The first-order chi connectivity index (χ1) is 12.3. The Labute approximate surface area is 150 Å². The van der Waals surface area contributed by atoms with E-state index in [1.807, 2.05) is 13.8 Å². The van der Waals surface area contributed by atoms with E-state index in [1.165, 1.54) is 18.6 Å². The number of aliphatic hydroxyl groups is 1. The largest absolute Gasteiger partial charge is 0.472 e. The lowest BCUT2D eigenvalue weighted by molar-refractivity contribution is -0.201. The summed E-state index contributed by atoms with van der Waals surface area (Å²) >= 11 is 0. The van der Waals surface area contributed by atoms with Crippen molar-refractivity contribution in [3.63, 3.8) is 0 Å². The fourth-order valence-electron chi connectivity index (χ4n) is 4.22. The molecule has 1 aromatic rings. The number of carbonyl (C=O) groups excluding carboxylic acids is 2. The third-order valence-corrected chi connectivity index (χ3v) is 5.88. The fourth-order valence-corrected chi connectivity index (χ4v) is 4.22. The van der Waals surface area contributed by atoms with E-state index in [-0.39, 0.29) is 5.92 Å². The minimum Gasteiger partial charge on any atom is -0.472 e. The van der Waals surface area contributed by atoms with E-state index in [4.69, 9.17) is 13.9 Å². The van der Waals surface area contributed by atoms with Gasteiger partial charge in [0.1, 0.15) is 12.2 Å². The maximum Gasteiger partial charge on any atom is 0.343 e. The van der Waals surface area contributed by atoms with Gasteiger partial charge in [-0.05, 0) is 32.1 Å². The summed E-state index contributed by atoms with van der Waals surface area (Å²) in [5.74, 6) is -1.44. The summed E-state index contributed by atoms with van der Waals surface area (Å²) in [4.78, 5) is 24.9. The number of esters is 2. The van der Waals surface area contributed by atoms with Gasteiger partial charge in [0.15, 0.2) is 5.60 Å². The molecular weight excluding hydrogens is 336 g/mol. The Bertz CT molecular complexity index is 861. The normalized spacial score (nSPS) is 35.9. The summed E-state index contributed by atoms with van der Waals surface area (Å²) in [6.45, 7) is 5.40. The van der Waals surface area contributed by atoms with E-state index >= 15 is 0 Å². The van der Waals surface area contributed by atoms with Crippen molar-refractivity contribution in [1.29, 1.82) is 0 Å². The van der Waals surface area contributed by atoms with Gasteiger partial charge < -0.3 is 19.0 Å². The van der Waals surface area contributed by atoms with Gasteiger partial charge in [0.25, 0.3) is 0 Å². The smallest absolute Gasteiger partial charge is 0.343 e. The number of carbonyl (C=O) groups is 2. The van der Waals surface area contributed by atoms with Gasteiger partial charge in [0.2, 0.25) is 0 Å². The Balaban J connectivity index is 1.65. The Morgan fingerprint density at radius 1 is 1.38 bits per heavy atom. The molecule has 5 rings (SSSR count). The lowest BCUT2D eigenvalue weighted by Gasteiger charge is -2.55. The van der Waals surface area contributed by atoms with Gasteiger partial charge in [-0.25, -0.2) is 9.59 Å². The molecule has 0 amide bonds. The topological polar surface area (TPSA) is 86.0 Å². The average molecular weight is 356 g/mol. The lowest BCUT2D eigenvalue weighted by Crippen LogP contribution is -2.65. The summed E-state index contributed by atoms with van der Waals surface area (Å²) < 4.78 is 15.9. The molecule has 5 atom stereocenters. The summed E-state index contributed by atoms with van der Waals surface area (Å²) in [7, 11) is 0. The number of hydrogen-bond donors (Lipinski definition) is 1. The Hall–Kier alpha value is -2.60. The van der Waals surface area contributed by atoms with Gasteiger partial charge in [0, 0.05) is 16.9 Å². The molecule has 2 aliphatic heterocycles. The van der Waals surface area contributed by atoms with Crippen LogP contribution in [0, 0.1) is 11.3 Å². The fraction of sp³-hybridized carbons (Fsp3) is 0.400. The highest BCUT2D eigenvalue weighted by atomic mass is 16.6. The second kappa shape index (κ2) is 5.45. The molecule has 0 saturated carbocycles. The predicted octanol–water partition coefficient (Wildman–Crippen LogP) is 2.62. The monoisotopic (exact) mass is 356 g/mol. The third-order valence-electron chi connectivity index (χ3n) is 5.88. The number of ether oxygens (including phenoxy) is 2. The highest BCUT2D eigenvalue weighted by Crippen LogP contribution is 2.56. The molecule has 1 N–H and O–H groups in total. The van der Waals surface area contributed by atoms with Crippen LogP contribution in [0.4, 0.5) is 0 Å². The quantitative estimate of drug-likeness (QED) is 0.662. The first-order valence-corrected chi connectivity index (χ1v) is 8.54. The molecule has 0 spiro atoms. The lowest BCUT2D eigenvalue weighted by atomic mass is 9.54. The summed E-state index contributed by atoms with van der Waals surface area (Å²) in [6, 6.07) is 1.74. The summed E-state index contributed by atoms with van der Waals surface area (Å²) in [5.41, 5.74) is -0.678. The molecule has 1 aromatic heterocycles. The SMILES string of the molecule is CC1=C(C(=O)O[C@H](C)c2ccoc2)C=C[C@@]2(C)[C@@H]1[C@H]1C=C[C@]2(O)C(=O)O1. The van der Waals surface area contributed by atoms with Crippen molar-refractivity contribution in [2.75, 3.05) is 0 Å². The number of fused-ring (bicyclic) bond motifs is 1. The first-order valence-electron chi connectivity index (χ1n) is 8.54. The van der Waals surface area contributed by atoms with E-state index in [1.54, 1.807) is 31.2 Å². The standard InChI is InChI=1S/C20H20O6/c1-11-14(17(21)25-12(2)13-6-9-24-10-13)4-7-19(3)16(11)15-5-8-20(19,23)18(22)26-15/h4-10,12,15-16,23H,1-3H3/t12-,15-,16+,19+,20+/m1/s1. The zero-order chi connectivity index (χ0) is 18.7. The maximum absolute atomic E-state index is 12.7.